The number of carbonyl (C=O) groups is 2. The summed E-state index contributed by atoms with van der Waals surface area (Å²) >= 11 is 0. The van der Waals surface area contributed by atoms with E-state index in [-0.39, 0.29) is 42.4 Å². The first kappa shape index (κ1) is 37.9. The van der Waals surface area contributed by atoms with Gasteiger partial charge in [0.25, 0.3) is 0 Å². The number of Topliss-reactive ketones (excluding diaryl/α,β-unsaturated/α-hetero) is 1. The molecule has 0 amide bonds. The van der Waals surface area contributed by atoms with E-state index in [9.17, 15) is 24.9 Å². The Labute approximate surface area is 316 Å². The van der Waals surface area contributed by atoms with Crippen molar-refractivity contribution < 1.29 is 34.4 Å². The van der Waals surface area contributed by atoms with E-state index in [1.165, 1.54) is 0 Å². The number of ether oxygens (including phenoxy) is 2. The van der Waals surface area contributed by atoms with Crippen molar-refractivity contribution in [2.75, 3.05) is 44.1 Å². The summed E-state index contributed by atoms with van der Waals surface area (Å²) in [5, 5.41) is 40.3. The number of aliphatic hydroxyl groups excluding tert-OH is 2. The lowest BCUT2D eigenvalue weighted by atomic mass is 9.43. The van der Waals surface area contributed by atoms with Crippen LogP contribution in [0.5, 0.6) is 5.75 Å². The number of fused-ring (bicyclic) bond motifs is 1. The summed E-state index contributed by atoms with van der Waals surface area (Å²) in [6.45, 7) is 6.79. The van der Waals surface area contributed by atoms with Crippen molar-refractivity contribution in [1.29, 1.82) is 0 Å². The van der Waals surface area contributed by atoms with Gasteiger partial charge in [0.1, 0.15) is 28.8 Å². The van der Waals surface area contributed by atoms with Crippen LogP contribution in [-0.4, -0.2) is 108 Å². The fraction of sp³-hybridized carbons (Fsp3) is 0.537. The number of anilines is 2. The van der Waals surface area contributed by atoms with Gasteiger partial charge in [-0.2, -0.15) is 0 Å². The minimum atomic E-state index is -0.808. The Morgan fingerprint density at radius 3 is 2.65 bits per heavy atom. The molecule has 4 heterocycles. The average molecular weight is 741 g/mol. The maximum atomic E-state index is 13.8. The summed E-state index contributed by atoms with van der Waals surface area (Å²) in [6.07, 6.45) is 8.40. The number of phenolic OH excluding ortho intramolecular Hbond substituents is 1. The molecule has 7 rings (SSSR count). The fourth-order valence-electron chi connectivity index (χ4n) is 9.58. The first-order valence-electron chi connectivity index (χ1n) is 18.9. The molecule has 1 spiro atoms. The van der Waals surface area contributed by atoms with Crippen molar-refractivity contribution in [3.05, 3.63) is 65.6 Å². The molecule has 1 aromatic carbocycles. The van der Waals surface area contributed by atoms with Gasteiger partial charge < -0.3 is 40.3 Å². The van der Waals surface area contributed by atoms with Gasteiger partial charge in [0.05, 0.1) is 49.9 Å². The van der Waals surface area contributed by atoms with Crippen LogP contribution in [0.3, 0.4) is 0 Å². The zero-order valence-electron chi connectivity index (χ0n) is 31.7. The number of carbonyl (C=O) groups excluding carboxylic acids is 2. The molecule has 0 radical (unpaired) electrons. The topological polar surface area (TPSA) is 182 Å². The molecule has 288 valence electrons. The number of epoxide rings is 1. The number of rotatable bonds is 13. The lowest BCUT2D eigenvalue weighted by Crippen LogP contribution is -2.67. The van der Waals surface area contributed by atoms with Gasteiger partial charge in [0, 0.05) is 55.3 Å². The first-order valence-corrected chi connectivity index (χ1v) is 18.9. The van der Waals surface area contributed by atoms with Crippen LogP contribution in [0.25, 0.3) is 6.08 Å². The van der Waals surface area contributed by atoms with E-state index in [1.54, 1.807) is 36.7 Å². The predicted molar refractivity (Wildman–Crippen MR) is 206 cm³/mol. The average Bonchev–Trinajstić information content (AvgIpc) is 3.59. The molecule has 2 aliphatic carbocycles. The predicted octanol–water partition coefficient (Wildman–Crippen LogP) is 3.90. The van der Waals surface area contributed by atoms with Gasteiger partial charge in [-0.1, -0.05) is 19.9 Å². The largest absolute Gasteiger partial charge is 0.507 e. The lowest BCUT2D eigenvalue weighted by Gasteiger charge is -2.63. The molecule has 3 aliphatic heterocycles. The maximum Gasteiger partial charge on any atom is 0.341 e. The van der Waals surface area contributed by atoms with Gasteiger partial charge in [0.2, 0.25) is 0 Å². The van der Waals surface area contributed by atoms with Crippen LogP contribution in [0, 0.1) is 22.7 Å². The Kier molecular flexibility index (Phi) is 10.3. The number of aromatic nitrogens is 1. The maximum absolute atomic E-state index is 13.8. The third-order valence-electron chi connectivity index (χ3n) is 12.8. The number of ketones is 1. The van der Waals surface area contributed by atoms with Crippen LogP contribution in [-0.2, 0) is 19.1 Å². The van der Waals surface area contributed by atoms with Gasteiger partial charge in [0.15, 0.2) is 5.78 Å². The number of aromatic hydroxyl groups is 1. The third-order valence-corrected chi connectivity index (χ3v) is 12.8. The Bertz CT molecular complexity index is 1890. The smallest absolute Gasteiger partial charge is 0.341 e. The number of hydrogen-bond acceptors (Lipinski definition) is 13. The zero-order valence-corrected chi connectivity index (χ0v) is 31.7. The van der Waals surface area contributed by atoms with E-state index < -0.39 is 40.6 Å². The Morgan fingerprint density at radius 1 is 1.20 bits per heavy atom. The monoisotopic (exact) mass is 740 g/mol. The van der Waals surface area contributed by atoms with E-state index in [4.69, 9.17) is 9.47 Å². The second-order valence-electron chi connectivity index (χ2n) is 16.3. The lowest BCUT2D eigenvalue weighted by molar-refractivity contribution is -0.184. The Morgan fingerprint density at radius 2 is 2.00 bits per heavy atom. The van der Waals surface area contributed by atoms with Crippen LogP contribution in [0.2, 0.25) is 0 Å². The second kappa shape index (κ2) is 14.7. The highest BCUT2D eigenvalue weighted by atomic mass is 16.6. The highest BCUT2D eigenvalue weighted by Crippen LogP contribution is 2.66. The minimum absolute atomic E-state index is 0.0302. The number of esters is 1. The van der Waals surface area contributed by atoms with Crippen molar-refractivity contribution in [1.82, 2.24) is 10.3 Å². The molecule has 1 saturated heterocycles. The van der Waals surface area contributed by atoms with E-state index in [1.807, 2.05) is 57.1 Å². The Hall–Kier alpha value is -4.43. The molecule has 13 heteroatoms. The van der Waals surface area contributed by atoms with Crippen molar-refractivity contribution in [3.63, 3.8) is 0 Å². The van der Waals surface area contributed by atoms with Crippen LogP contribution in [0.15, 0.2) is 70.0 Å². The number of aliphatic imine (C=N–C) groups is 2. The SMILES string of the molecule is CC(NC1CC2[C@](C)(CC[C@@H](O)[C@@]2(C)CO)C(CC(Nc2ccccn2)C2=C/C(=C\c3ccc(N(C)C)cc3O)OC2=O)C12CO2)C(=O)CC1=NCC=N1. The molecular weight excluding hydrogens is 688 g/mol. The van der Waals surface area contributed by atoms with Gasteiger partial charge in [-0.25, -0.2) is 14.8 Å². The number of amidine groups is 1. The highest BCUT2D eigenvalue weighted by molar-refractivity contribution is 6.07. The summed E-state index contributed by atoms with van der Waals surface area (Å²) in [6, 6.07) is 9.48. The number of cyclic esters (lactones) is 1. The zero-order chi connectivity index (χ0) is 38.4. The number of nitrogens with one attached hydrogen (secondary N) is 2. The molecular formula is C41H52N6O7. The molecule has 9 atom stereocenters. The van der Waals surface area contributed by atoms with E-state index in [0.717, 1.165) is 5.69 Å². The summed E-state index contributed by atoms with van der Waals surface area (Å²) in [7, 11) is 3.78. The first-order chi connectivity index (χ1) is 25.8. The number of benzene rings is 1. The molecule has 13 nitrogen and oxygen atoms in total. The molecule has 54 heavy (non-hydrogen) atoms. The number of allylic oxidation sites excluding steroid dienone is 1. The van der Waals surface area contributed by atoms with Gasteiger partial charge in [-0.3, -0.25) is 9.79 Å². The molecule has 5 aliphatic rings. The molecule has 3 fully saturated rings. The van der Waals surface area contributed by atoms with Gasteiger partial charge in [-0.15, -0.1) is 0 Å². The molecule has 2 saturated carbocycles. The van der Waals surface area contributed by atoms with Crippen LogP contribution in [0.1, 0.15) is 58.4 Å². The second-order valence-corrected chi connectivity index (χ2v) is 16.3. The third kappa shape index (κ3) is 6.98. The number of aliphatic hydroxyl groups is 2. The number of hydrogen-bond donors (Lipinski definition) is 5. The molecule has 0 bridgehead atoms. The van der Waals surface area contributed by atoms with Crippen molar-refractivity contribution in [2.45, 2.75) is 82.7 Å². The quantitative estimate of drug-likeness (QED) is 0.148. The normalized spacial score (nSPS) is 33.2. The van der Waals surface area contributed by atoms with Crippen molar-refractivity contribution in [2.24, 2.45) is 32.7 Å². The molecule has 6 unspecified atom stereocenters. The van der Waals surface area contributed by atoms with Crippen molar-refractivity contribution in [3.8, 4) is 5.75 Å². The van der Waals surface area contributed by atoms with E-state index >= 15 is 0 Å². The van der Waals surface area contributed by atoms with Crippen LogP contribution >= 0.6 is 0 Å². The molecule has 1 aromatic heterocycles. The standard InChI is InChI=1S/C41H52N6O7/c1-24(30(49)20-37-43-14-15-44-37)45-34-21-32-39(2,12-11-35(51)40(32,3)22-48)33(41(34)23-53-41)19-29(46-36-8-6-7-13-42-36)28-18-27(54-38(28)52)16-25-9-10-26(47(4)5)17-31(25)50/h6-10,13-14,16-18,24,29,32-35,45,48,50-51H,11-12,15,19-23H2,1-5H3,(H,42,46)/b27-16+/t24?,29?,32?,33?,34?,35-,39+,40+,41?/m1/s1. The molecule has 5 N–H and O–H groups in total. The van der Waals surface area contributed by atoms with E-state index in [2.05, 4.69) is 32.5 Å². The number of pyridine rings is 1. The number of phenols is 1. The van der Waals surface area contributed by atoms with Crippen LogP contribution < -0.4 is 15.5 Å². The summed E-state index contributed by atoms with van der Waals surface area (Å²) < 4.78 is 12.3. The van der Waals surface area contributed by atoms with Gasteiger partial charge >= 0.3 is 5.97 Å². The number of nitrogens with zero attached hydrogens (tertiary/aromatic N) is 4. The Balaban J connectivity index is 1.25. The highest BCUT2D eigenvalue weighted by Gasteiger charge is 2.71. The minimum Gasteiger partial charge on any atom is -0.507 e. The van der Waals surface area contributed by atoms with Crippen LogP contribution in [0.4, 0.5) is 11.5 Å². The van der Waals surface area contributed by atoms with Gasteiger partial charge in [-0.05, 0) is 86.3 Å². The molecule has 2 aromatic rings. The summed E-state index contributed by atoms with van der Waals surface area (Å²) in [5.74, 6) is 0.604. The summed E-state index contributed by atoms with van der Waals surface area (Å²) in [5.41, 5.74) is -0.148. The van der Waals surface area contributed by atoms with E-state index in [0.29, 0.717) is 67.4 Å². The fourth-order valence-corrected chi connectivity index (χ4v) is 9.58. The van der Waals surface area contributed by atoms with Crippen molar-refractivity contribution >= 4 is 41.4 Å². The summed E-state index contributed by atoms with van der Waals surface area (Å²) in [4.78, 5) is 42.2.